The first-order chi connectivity index (χ1) is 11.0. The number of benzene rings is 1. The van der Waals surface area contributed by atoms with E-state index < -0.39 is 16.1 Å². The van der Waals surface area contributed by atoms with Crippen molar-refractivity contribution in [2.75, 3.05) is 0 Å². The van der Waals surface area contributed by atoms with Crippen LogP contribution in [0.1, 0.15) is 32.1 Å². The fourth-order valence-corrected chi connectivity index (χ4v) is 6.06. The molecule has 4 aliphatic rings. The van der Waals surface area contributed by atoms with Crippen LogP contribution in [-0.4, -0.2) is 20.5 Å². The molecule has 0 heterocycles. The first kappa shape index (κ1) is 15.0. The average molecular weight is 334 g/mol. The van der Waals surface area contributed by atoms with Crippen molar-refractivity contribution in [2.45, 2.75) is 43.0 Å². The third kappa shape index (κ3) is 2.84. The van der Waals surface area contributed by atoms with Gasteiger partial charge in [-0.25, -0.2) is 17.9 Å². The van der Waals surface area contributed by atoms with Crippen molar-refractivity contribution < 1.29 is 13.2 Å². The van der Waals surface area contributed by atoms with Gasteiger partial charge in [-0.3, -0.25) is 0 Å². The molecule has 5 rings (SSSR count). The zero-order chi connectivity index (χ0) is 16.0. The van der Waals surface area contributed by atoms with Crippen LogP contribution in [0.4, 0.5) is 4.79 Å². The summed E-state index contributed by atoms with van der Waals surface area (Å²) in [5, 5.41) is 2.96. The molecule has 2 N–H and O–H groups in total. The monoisotopic (exact) mass is 334 g/mol. The third-order valence-electron chi connectivity index (χ3n) is 5.81. The van der Waals surface area contributed by atoms with Crippen LogP contribution in [0.2, 0.25) is 0 Å². The van der Waals surface area contributed by atoms with Gasteiger partial charge in [0.1, 0.15) is 0 Å². The number of nitrogens with one attached hydrogen (secondary N) is 2. The molecule has 0 aromatic heterocycles. The van der Waals surface area contributed by atoms with Crippen LogP contribution in [-0.2, 0) is 10.0 Å². The Morgan fingerprint density at radius 2 is 1.48 bits per heavy atom. The Balaban J connectivity index is 1.43. The molecule has 0 saturated heterocycles. The predicted molar refractivity (Wildman–Crippen MR) is 86.1 cm³/mol. The van der Waals surface area contributed by atoms with Crippen LogP contribution < -0.4 is 10.0 Å². The van der Waals surface area contributed by atoms with Crippen LogP contribution in [0.25, 0.3) is 0 Å². The van der Waals surface area contributed by atoms with Crippen molar-refractivity contribution in [1.29, 1.82) is 0 Å². The number of carbonyl (C=O) groups excluding carboxylic acids is 1. The Bertz CT molecular complexity index is 674. The summed E-state index contributed by atoms with van der Waals surface area (Å²) < 4.78 is 26.6. The second-order valence-electron chi connectivity index (χ2n) is 7.35. The van der Waals surface area contributed by atoms with Crippen molar-refractivity contribution in [3.05, 3.63) is 30.3 Å². The lowest BCUT2D eigenvalue weighted by atomic mass is 9.54. The van der Waals surface area contributed by atoms with Crippen LogP contribution in [0.5, 0.6) is 0 Å². The lowest BCUT2D eigenvalue weighted by Crippen LogP contribution is -2.57. The highest BCUT2D eigenvalue weighted by Crippen LogP contribution is 2.53. The minimum Gasteiger partial charge on any atom is -0.334 e. The summed E-state index contributed by atoms with van der Waals surface area (Å²) in [5.41, 5.74) is 0. The predicted octanol–water partition coefficient (Wildman–Crippen LogP) is 2.50. The summed E-state index contributed by atoms with van der Waals surface area (Å²) in [5.74, 6) is 2.70. The second kappa shape index (κ2) is 5.51. The Morgan fingerprint density at radius 1 is 0.913 bits per heavy atom. The van der Waals surface area contributed by atoms with E-state index in [1.165, 1.54) is 44.2 Å². The van der Waals surface area contributed by atoms with E-state index in [-0.39, 0.29) is 10.9 Å². The lowest BCUT2D eigenvalue weighted by molar-refractivity contribution is -0.00919. The molecule has 5 nitrogen and oxygen atoms in total. The highest BCUT2D eigenvalue weighted by Gasteiger charge is 2.48. The van der Waals surface area contributed by atoms with Gasteiger partial charge in [0.15, 0.2) is 0 Å². The maximum atomic E-state index is 12.2. The molecule has 4 saturated carbocycles. The van der Waals surface area contributed by atoms with Crippen molar-refractivity contribution in [3.63, 3.8) is 0 Å². The summed E-state index contributed by atoms with van der Waals surface area (Å²) in [6, 6.07) is 7.54. The minimum atomic E-state index is -3.80. The summed E-state index contributed by atoms with van der Waals surface area (Å²) in [6.07, 6.45) is 6.09. The van der Waals surface area contributed by atoms with E-state index in [2.05, 4.69) is 10.0 Å². The van der Waals surface area contributed by atoms with E-state index in [9.17, 15) is 13.2 Å². The molecule has 0 aliphatic heterocycles. The van der Waals surface area contributed by atoms with Crippen molar-refractivity contribution in [3.8, 4) is 0 Å². The number of rotatable bonds is 3. The van der Waals surface area contributed by atoms with Gasteiger partial charge in [-0.05, 0) is 67.9 Å². The average Bonchev–Trinajstić information content (AvgIpc) is 2.50. The fraction of sp³-hybridized carbons (Fsp3) is 0.588. The quantitative estimate of drug-likeness (QED) is 0.892. The van der Waals surface area contributed by atoms with Crippen LogP contribution in [0.15, 0.2) is 35.2 Å². The zero-order valence-corrected chi connectivity index (χ0v) is 13.8. The normalized spacial score (nSPS) is 35.0. The van der Waals surface area contributed by atoms with Crippen molar-refractivity contribution >= 4 is 16.1 Å². The largest absolute Gasteiger partial charge is 0.334 e. The molecule has 6 heteroatoms. The maximum Gasteiger partial charge on any atom is 0.328 e. The van der Waals surface area contributed by atoms with Crippen molar-refractivity contribution in [2.24, 2.45) is 23.7 Å². The van der Waals surface area contributed by atoms with Crippen LogP contribution >= 0.6 is 0 Å². The van der Waals surface area contributed by atoms with E-state index in [1.807, 2.05) is 0 Å². The zero-order valence-electron chi connectivity index (χ0n) is 12.9. The van der Waals surface area contributed by atoms with Gasteiger partial charge < -0.3 is 5.32 Å². The molecule has 0 atom stereocenters. The van der Waals surface area contributed by atoms with Gasteiger partial charge in [-0.2, -0.15) is 0 Å². The number of sulfonamides is 1. The Hall–Kier alpha value is -1.56. The molecule has 23 heavy (non-hydrogen) atoms. The molecule has 2 amide bonds. The SMILES string of the molecule is O=C(NC1C2CC3CC(C2)CC1C3)NS(=O)(=O)c1ccccc1. The van der Waals surface area contributed by atoms with Crippen LogP contribution in [0, 0.1) is 23.7 Å². The topological polar surface area (TPSA) is 75.3 Å². The van der Waals surface area contributed by atoms with E-state index in [0.717, 1.165) is 11.8 Å². The molecular formula is C17H22N2O3S. The summed E-state index contributed by atoms with van der Waals surface area (Å²) in [4.78, 5) is 12.3. The molecule has 4 bridgehead atoms. The highest BCUT2D eigenvalue weighted by atomic mass is 32.2. The van der Waals surface area contributed by atoms with Gasteiger partial charge in [0.05, 0.1) is 4.90 Å². The fourth-order valence-electron chi connectivity index (χ4n) is 5.12. The van der Waals surface area contributed by atoms with Crippen LogP contribution in [0.3, 0.4) is 0 Å². The molecule has 124 valence electrons. The second-order valence-corrected chi connectivity index (χ2v) is 9.03. The van der Waals surface area contributed by atoms with Gasteiger partial charge in [0, 0.05) is 6.04 Å². The summed E-state index contributed by atoms with van der Waals surface area (Å²) >= 11 is 0. The first-order valence-electron chi connectivity index (χ1n) is 8.39. The Labute approximate surface area is 136 Å². The molecule has 4 fully saturated rings. The molecule has 1 aromatic carbocycles. The van der Waals surface area contributed by atoms with Gasteiger partial charge in [-0.15, -0.1) is 0 Å². The van der Waals surface area contributed by atoms with E-state index in [0.29, 0.717) is 11.8 Å². The summed E-state index contributed by atoms with van der Waals surface area (Å²) in [6.45, 7) is 0. The lowest BCUT2D eigenvalue weighted by Gasteiger charge is -2.54. The van der Waals surface area contributed by atoms with Gasteiger partial charge in [0.2, 0.25) is 0 Å². The Kier molecular flexibility index (Phi) is 3.59. The number of hydrogen-bond acceptors (Lipinski definition) is 3. The molecule has 0 spiro atoms. The molecular weight excluding hydrogens is 312 g/mol. The smallest absolute Gasteiger partial charge is 0.328 e. The van der Waals surface area contributed by atoms with E-state index in [4.69, 9.17) is 0 Å². The maximum absolute atomic E-state index is 12.2. The number of carbonyl (C=O) groups is 1. The summed E-state index contributed by atoms with van der Waals surface area (Å²) in [7, 11) is -3.80. The number of urea groups is 1. The standard InChI is InChI=1S/C17H22N2O3S/c20-17(19-23(21,22)15-4-2-1-3-5-15)18-16-13-7-11-6-12(9-13)10-14(16)8-11/h1-5,11-14,16H,6-10H2,(H2,18,19,20). The van der Waals surface area contributed by atoms with Gasteiger partial charge >= 0.3 is 6.03 Å². The molecule has 4 aliphatic carbocycles. The molecule has 1 aromatic rings. The van der Waals surface area contributed by atoms with E-state index in [1.54, 1.807) is 18.2 Å². The number of amides is 2. The Morgan fingerprint density at radius 3 is 2.04 bits per heavy atom. The molecule has 0 unspecified atom stereocenters. The first-order valence-corrected chi connectivity index (χ1v) is 9.88. The van der Waals surface area contributed by atoms with Crippen molar-refractivity contribution in [1.82, 2.24) is 10.0 Å². The van der Waals surface area contributed by atoms with Gasteiger partial charge in [-0.1, -0.05) is 18.2 Å². The van der Waals surface area contributed by atoms with Gasteiger partial charge in [0.25, 0.3) is 10.0 Å². The van der Waals surface area contributed by atoms with E-state index >= 15 is 0 Å². The molecule has 0 radical (unpaired) electrons. The number of hydrogen-bond donors (Lipinski definition) is 2. The minimum absolute atomic E-state index is 0.111. The third-order valence-corrected chi connectivity index (χ3v) is 7.15. The highest BCUT2D eigenvalue weighted by molar-refractivity contribution is 7.90.